The molecule has 1 unspecified atom stereocenters. The molecule has 37 heavy (non-hydrogen) atoms. The number of carbonyl (C=O) groups is 1. The van der Waals surface area contributed by atoms with Crippen LogP contribution in [0.15, 0.2) is 21.9 Å². The van der Waals surface area contributed by atoms with Crippen LogP contribution in [0.3, 0.4) is 0 Å². The number of rotatable bonds is 12. The highest BCUT2D eigenvalue weighted by atomic mass is 31.3. The zero-order valence-corrected chi connectivity index (χ0v) is 20.0. The van der Waals surface area contributed by atoms with Gasteiger partial charge in [-0.2, -0.15) is 4.31 Å². The molecule has 22 heteroatoms. The standard InChI is InChI=1S/C15H24N2O18P2/c18-3-5(19)8(21)10(23)12(25)14(26)34-37(31,35-36(28,29)30)32-4-6-9(22)11(24)13(33-6)17-2-1-7(20)16-15(17)27/h1-2,5-6,8-13,18-19,21-25H,3-4H2,(H,16,20,27)(H2,28,29,30)/t5-,6-,8-,9-,10+,11-,12-,13-,37?/m1/s1. The molecule has 0 aliphatic carbocycles. The third kappa shape index (κ3) is 8.06. The summed E-state index contributed by atoms with van der Waals surface area (Å²) in [5.74, 6) is -2.14. The number of aliphatic hydroxyl groups excluding tert-OH is 7. The van der Waals surface area contributed by atoms with Crippen molar-refractivity contribution in [2.45, 2.75) is 49.0 Å². The fraction of sp³-hybridized carbons (Fsp3) is 0.667. The number of H-pyrrole nitrogens is 1. The van der Waals surface area contributed by atoms with Crippen molar-refractivity contribution < 1.29 is 77.6 Å². The maximum absolute atomic E-state index is 12.7. The zero-order valence-electron chi connectivity index (χ0n) is 18.2. The van der Waals surface area contributed by atoms with Crippen LogP contribution in [0, 0.1) is 0 Å². The topological polar surface area (TPSA) is 325 Å². The van der Waals surface area contributed by atoms with E-state index in [2.05, 4.69) is 13.4 Å². The number of aromatic amines is 1. The Morgan fingerprint density at radius 1 is 1.11 bits per heavy atom. The van der Waals surface area contributed by atoms with Crippen LogP contribution in [0.5, 0.6) is 0 Å². The van der Waals surface area contributed by atoms with E-state index in [-0.39, 0.29) is 0 Å². The minimum Gasteiger partial charge on any atom is -0.394 e. The highest BCUT2D eigenvalue weighted by Gasteiger charge is 2.48. The predicted octanol–water partition coefficient (Wildman–Crippen LogP) is -5.63. The molecule has 9 atom stereocenters. The van der Waals surface area contributed by atoms with Gasteiger partial charge in [0.1, 0.15) is 36.6 Å². The summed E-state index contributed by atoms with van der Waals surface area (Å²) in [6.07, 6.45) is -16.0. The van der Waals surface area contributed by atoms with Gasteiger partial charge in [-0.15, -0.1) is 0 Å². The van der Waals surface area contributed by atoms with E-state index in [1.165, 1.54) is 0 Å². The van der Waals surface area contributed by atoms with E-state index >= 15 is 0 Å². The quantitative estimate of drug-likeness (QED) is 0.103. The van der Waals surface area contributed by atoms with Crippen LogP contribution in [0.25, 0.3) is 0 Å². The van der Waals surface area contributed by atoms with Crippen molar-refractivity contribution in [3.63, 3.8) is 0 Å². The van der Waals surface area contributed by atoms with Gasteiger partial charge in [-0.1, -0.05) is 0 Å². The highest BCUT2D eigenvalue weighted by Crippen LogP contribution is 2.61. The van der Waals surface area contributed by atoms with Gasteiger partial charge in [0.15, 0.2) is 12.3 Å². The Kier molecular flexibility index (Phi) is 10.4. The van der Waals surface area contributed by atoms with Crippen LogP contribution in [-0.4, -0.2) is 117 Å². The van der Waals surface area contributed by atoms with Crippen LogP contribution in [-0.2, 0) is 32.0 Å². The Hall–Kier alpha value is -1.87. The summed E-state index contributed by atoms with van der Waals surface area (Å²) in [5, 5.41) is 67.4. The summed E-state index contributed by atoms with van der Waals surface area (Å²) in [7, 11) is -11.5. The minimum absolute atomic E-state index is 0.658. The SMILES string of the molecule is O=C(OP(=O)(OC[C@H]1O[C@@H](n2ccc(=O)[nH]c2=O)[C@H](O)[C@@H]1O)OP(=O)(O)O)[C@H](O)[C@@H](O)[C@H](O)[C@H](O)CO. The Balaban J connectivity index is 2.18. The first-order valence-corrected chi connectivity index (χ1v) is 12.9. The van der Waals surface area contributed by atoms with Gasteiger partial charge in [0.05, 0.1) is 13.2 Å². The second kappa shape index (κ2) is 12.3. The van der Waals surface area contributed by atoms with E-state index in [0.717, 1.165) is 12.3 Å². The molecule has 1 fully saturated rings. The number of phosphoric ester groups is 1. The van der Waals surface area contributed by atoms with Crippen LogP contribution in [0.2, 0.25) is 0 Å². The van der Waals surface area contributed by atoms with Crippen LogP contribution < -0.4 is 11.2 Å². The lowest BCUT2D eigenvalue weighted by Crippen LogP contribution is -2.49. The number of nitrogens with zero attached hydrogens (tertiary/aromatic N) is 1. The van der Waals surface area contributed by atoms with Crippen molar-refractivity contribution in [3.05, 3.63) is 33.1 Å². The fourth-order valence-corrected chi connectivity index (χ4v) is 4.99. The first-order valence-electron chi connectivity index (χ1n) is 9.90. The Morgan fingerprint density at radius 2 is 1.73 bits per heavy atom. The van der Waals surface area contributed by atoms with Crippen molar-refractivity contribution in [1.82, 2.24) is 9.55 Å². The molecule has 0 amide bonds. The summed E-state index contributed by atoms with van der Waals surface area (Å²) < 4.78 is 42.3. The molecular weight excluding hydrogens is 558 g/mol. The number of aromatic nitrogens is 2. The number of phosphoric acid groups is 2. The smallest absolute Gasteiger partial charge is 0.394 e. The predicted molar refractivity (Wildman–Crippen MR) is 111 cm³/mol. The lowest BCUT2D eigenvalue weighted by molar-refractivity contribution is -0.163. The molecular formula is C15H24N2O18P2. The molecule has 1 aliphatic rings. The molecule has 0 radical (unpaired) electrons. The Labute approximate surface area is 204 Å². The number of hydrogen-bond donors (Lipinski definition) is 10. The molecule has 0 aromatic carbocycles. The number of hydrogen-bond acceptors (Lipinski definition) is 16. The summed E-state index contributed by atoms with van der Waals surface area (Å²) >= 11 is 0. The van der Waals surface area contributed by atoms with Crippen LogP contribution >= 0.6 is 15.6 Å². The number of ether oxygens (including phenoxy) is 1. The maximum atomic E-state index is 12.7. The van der Waals surface area contributed by atoms with Crippen LogP contribution in [0.1, 0.15) is 6.23 Å². The third-order valence-electron chi connectivity index (χ3n) is 4.76. The van der Waals surface area contributed by atoms with E-state index in [9.17, 15) is 54.2 Å². The zero-order chi connectivity index (χ0) is 28.3. The van der Waals surface area contributed by atoms with Crippen LogP contribution in [0.4, 0.5) is 0 Å². The highest BCUT2D eigenvalue weighted by molar-refractivity contribution is 7.61. The molecule has 0 spiro atoms. The van der Waals surface area contributed by atoms with Crippen molar-refractivity contribution >= 4 is 21.6 Å². The largest absolute Gasteiger partial charge is 0.541 e. The van der Waals surface area contributed by atoms with Crippen molar-refractivity contribution in [2.75, 3.05) is 13.2 Å². The fourth-order valence-electron chi connectivity index (χ4n) is 2.91. The molecule has 0 bridgehead atoms. The van der Waals surface area contributed by atoms with E-state index < -0.39 is 95.0 Å². The van der Waals surface area contributed by atoms with Crippen molar-refractivity contribution in [1.29, 1.82) is 0 Å². The summed E-state index contributed by atoms with van der Waals surface area (Å²) in [4.78, 5) is 55.0. The lowest BCUT2D eigenvalue weighted by Gasteiger charge is -2.26. The molecule has 0 saturated carbocycles. The number of carbonyl (C=O) groups excluding carboxylic acids is 1. The van der Waals surface area contributed by atoms with Gasteiger partial charge in [0.2, 0.25) is 0 Å². The molecule has 212 valence electrons. The van der Waals surface area contributed by atoms with E-state index in [4.69, 9.17) is 19.6 Å². The molecule has 1 aromatic heterocycles. The Morgan fingerprint density at radius 3 is 2.27 bits per heavy atom. The average Bonchev–Trinajstić information content (AvgIpc) is 3.08. The molecule has 1 aliphatic heterocycles. The normalized spacial score (nSPS) is 27.2. The minimum atomic E-state index is -5.76. The van der Waals surface area contributed by atoms with Gasteiger partial charge < -0.3 is 54.8 Å². The number of aliphatic hydroxyl groups is 7. The van der Waals surface area contributed by atoms with Gasteiger partial charge in [0, 0.05) is 12.3 Å². The monoisotopic (exact) mass is 582 g/mol. The second-order valence-electron chi connectivity index (χ2n) is 7.47. The first-order chi connectivity index (χ1) is 17.0. The summed E-state index contributed by atoms with van der Waals surface area (Å²) in [5.41, 5.74) is -1.85. The van der Waals surface area contributed by atoms with Crippen molar-refractivity contribution in [3.8, 4) is 0 Å². The van der Waals surface area contributed by atoms with Gasteiger partial charge in [-0.25, -0.2) is 18.7 Å². The molecule has 20 nitrogen and oxygen atoms in total. The average molecular weight is 582 g/mol. The Bertz CT molecular complexity index is 1150. The molecule has 2 heterocycles. The molecule has 1 aromatic rings. The number of nitrogens with one attached hydrogen (secondary N) is 1. The second-order valence-corrected chi connectivity index (χ2v) is 10.4. The van der Waals surface area contributed by atoms with Gasteiger partial charge in [-0.3, -0.25) is 18.9 Å². The van der Waals surface area contributed by atoms with E-state index in [0.29, 0.717) is 4.57 Å². The van der Waals surface area contributed by atoms with Gasteiger partial charge in [-0.05, 0) is 0 Å². The molecule has 2 rings (SSSR count). The van der Waals surface area contributed by atoms with E-state index in [1.54, 1.807) is 0 Å². The molecule has 1 saturated heterocycles. The first kappa shape index (κ1) is 31.3. The summed E-state index contributed by atoms with van der Waals surface area (Å²) in [6, 6.07) is 0.880. The molecule has 10 N–H and O–H groups in total. The maximum Gasteiger partial charge on any atom is 0.541 e. The van der Waals surface area contributed by atoms with Gasteiger partial charge >= 0.3 is 27.3 Å². The lowest BCUT2D eigenvalue weighted by atomic mass is 10.0. The third-order valence-corrected chi connectivity index (χ3v) is 7.28. The van der Waals surface area contributed by atoms with E-state index in [1.807, 2.05) is 4.98 Å². The summed E-state index contributed by atoms with van der Waals surface area (Å²) in [6.45, 7) is -2.31. The van der Waals surface area contributed by atoms with Gasteiger partial charge in [0.25, 0.3) is 5.56 Å². The van der Waals surface area contributed by atoms with Crippen molar-refractivity contribution in [2.24, 2.45) is 0 Å².